The van der Waals surface area contributed by atoms with Gasteiger partial charge in [0.15, 0.2) is 0 Å². The summed E-state index contributed by atoms with van der Waals surface area (Å²) in [5, 5.41) is 3.10. The second-order valence-corrected chi connectivity index (χ2v) is 6.41. The fourth-order valence-electron chi connectivity index (χ4n) is 1.86. The Kier molecular flexibility index (Phi) is 6.06. The smallest absolute Gasteiger partial charge is 0.147 e. The van der Waals surface area contributed by atoms with Crippen LogP contribution in [0.15, 0.2) is 45.3 Å². The van der Waals surface area contributed by atoms with Crippen molar-refractivity contribution in [3.8, 4) is 5.75 Å². The van der Waals surface area contributed by atoms with E-state index >= 15 is 0 Å². The number of halogens is 3. The minimum Gasteiger partial charge on any atom is -0.493 e. The third-order valence-electron chi connectivity index (χ3n) is 2.88. The number of hydrogen-bond donors (Lipinski definition) is 1. The van der Waals surface area contributed by atoms with Crippen molar-refractivity contribution < 1.29 is 9.13 Å². The van der Waals surface area contributed by atoms with Crippen LogP contribution in [0.25, 0.3) is 0 Å². The quantitative estimate of drug-likeness (QED) is 0.647. The van der Waals surface area contributed by atoms with Gasteiger partial charge in [0.2, 0.25) is 0 Å². The van der Waals surface area contributed by atoms with Crippen LogP contribution in [0.2, 0.25) is 0 Å². The lowest BCUT2D eigenvalue weighted by Gasteiger charge is -2.13. The monoisotopic (exact) mass is 415 g/mol. The van der Waals surface area contributed by atoms with E-state index in [1.165, 1.54) is 6.07 Å². The topological polar surface area (TPSA) is 21.3 Å². The Labute approximate surface area is 141 Å². The summed E-state index contributed by atoms with van der Waals surface area (Å²) in [5.74, 6) is 0.542. The number of nitrogens with one attached hydrogen (secondary N) is 1. The maximum atomic E-state index is 13.8. The van der Waals surface area contributed by atoms with Crippen molar-refractivity contribution in [1.82, 2.24) is 0 Å². The molecule has 0 amide bonds. The second-order valence-electron chi connectivity index (χ2n) is 4.58. The molecule has 0 aromatic heterocycles. The van der Waals surface area contributed by atoms with Gasteiger partial charge in [0.25, 0.3) is 0 Å². The summed E-state index contributed by atoms with van der Waals surface area (Å²) in [6.07, 6.45) is 0.949. The van der Waals surface area contributed by atoms with Crippen LogP contribution in [0.1, 0.15) is 18.9 Å². The Hall–Kier alpha value is -1.07. The zero-order valence-electron chi connectivity index (χ0n) is 11.6. The molecular formula is C16H16Br2FNO. The zero-order chi connectivity index (χ0) is 15.2. The largest absolute Gasteiger partial charge is 0.493 e. The predicted molar refractivity (Wildman–Crippen MR) is 91.4 cm³/mol. The fraction of sp³-hybridized carbons (Fsp3) is 0.250. The van der Waals surface area contributed by atoms with Crippen LogP contribution in [0, 0.1) is 5.82 Å². The van der Waals surface area contributed by atoms with Crippen LogP contribution < -0.4 is 10.1 Å². The highest BCUT2D eigenvalue weighted by molar-refractivity contribution is 9.10. The Morgan fingerprint density at radius 3 is 2.52 bits per heavy atom. The lowest BCUT2D eigenvalue weighted by molar-refractivity contribution is 0.314. The molecule has 0 aliphatic heterocycles. The van der Waals surface area contributed by atoms with Crippen molar-refractivity contribution >= 4 is 37.5 Å². The van der Waals surface area contributed by atoms with Gasteiger partial charge >= 0.3 is 0 Å². The molecule has 0 radical (unpaired) electrons. The summed E-state index contributed by atoms with van der Waals surface area (Å²) in [7, 11) is 0. The predicted octanol–water partition coefficient (Wildman–Crippen LogP) is 5.75. The SMILES string of the molecule is CCCOc1ccc(Br)cc1CNc1ccc(Br)cc1F. The lowest BCUT2D eigenvalue weighted by atomic mass is 10.2. The van der Waals surface area contributed by atoms with E-state index in [2.05, 4.69) is 44.1 Å². The molecule has 112 valence electrons. The molecule has 0 aliphatic carbocycles. The van der Waals surface area contributed by atoms with E-state index in [9.17, 15) is 4.39 Å². The molecular weight excluding hydrogens is 401 g/mol. The number of ether oxygens (including phenoxy) is 1. The molecule has 2 aromatic carbocycles. The van der Waals surface area contributed by atoms with Gasteiger partial charge in [-0.2, -0.15) is 0 Å². The van der Waals surface area contributed by atoms with Crippen LogP contribution in [0.4, 0.5) is 10.1 Å². The third kappa shape index (κ3) is 4.71. The Bertz CT molecular complexity index is 619. The van der Waals surface area contributed by atoms with Crippen LogP contribution in [0.5, 0.6) is 5.75 Å². The lowest BCUT2D eigenvalue weighted by Crippen LogP contribution is -2.05. The Morgan fingerprint density at radius 1 is 1.10 bits per heavy atom. The van der Waals surface area contributed by atoms with E-state index in [0.29, 0.717) is 18.8 Å². The molecule has 2 nitrogen and oxygen atoms in total. The van der Waals surface area contributed by atoms with Gasteiger partial charge in [-0.15, -0.1) is 0 Å². The zero-order valence-corrected chi connectivity index (χ0v) is 14.8. The Balaban J connectivity index is 2.12. The molecule has 0 atom stereocenters. The highest BCUT2D eigenvalue weighted by atomic mass is 79.9. The molecule has 0 saturated heterocycles. The molecule has 0 unspecified atom stereocenters. The molecule has 0 spiro atoms. The van der Waals surface area contributed by atoms with Gasteiger partial charge in [-0.05, 0) is 42.8 Å². The molecule has 1 N–H and O–H groups in total. The first-order valence-corrected chi connectivity index (χ1v) is 8.29. The summed E-state index contributed by atoms with van der Waals surface area (Å²) in [5.41, 5.74) is 1.46. The van der Waals surface area contributed by atoms with Crippen molar-refractivity contribution in [2.75, 3.05) is 11.9 Å². The van der Waals surface area contributed by atoms with E-state index in [1.807, 2.05) is 18.2 Å². The summed E-state index contributed by atoms with van der Waals surface area (Å²) >= 11 is 6.70. The van der Waals surface area contributed by atoms with Gasteiger partial charge in [0, 0.05) is 21.1 Å². The van der Waals surface area contributed by atoms with Gasteiger partial charge in [0.1, 0.15) is 11.6 Å². The summed E-state index contributed by atoms with van der Waals surface area (Å²) in [6.45, 7) is 3.23. The first-order valence-electron chi connectivity index (χ1n) is 6.70. The number of anilines is 1. The van der Waals surface area contributed by atoms with Crippen LogP contribution in [0.3, 0.4) is 0 Å². The molecule has 2 aromatic rings. The van der Waals surface area contributed by atoms with Crippen molar-refractivity contribution in [2.45, 2.75) is 19.9 Å². The van der Waals surface area contributed by atoms with Gasteiger partial charge in [0.05, 0.1) is 12.3 Å². The molecule has 0 aliphatic rings. The van der Waals surface area contributed by atoms with E-state index < -0.39 is 0 Å². The molecule has 0 fully saturated rings. The van der Waals surface area contributed by atoms with Crippen LogP contribution >= 0.6 is 31.9 Å². The van der Waals surface area contributed by atoms with E-state index in [-0.39, 0.29) is 5.82 Å². The normalized spacial score (nSPS) is 10.5. The van der Waals surface area contributed by atoms with Gasteiger partial charge in [-0.3, -0.25) is 0 Å². The molecule has 21 heavy (non-hydrogen) atoms. The molecule has 0 heterocycles. The number of benzene rings is 2. The van der Waals surface area contributed by atoms with Crippen molar-refractivity contribution in [3.63, 3.8) is 0 Å². The van der Waals surface area contributed by atoms with Crippen molar-refractivity contribution in [3.05, 3.63) is 56.7 Å². The second kappa shape index (κ2) is 7.80. The van der Waals surface area contributed by atoms with Gasteiger partial charge < -0.3 is 10.1 Å². The number of rotatable bonds is 6. The van der Waals surface area contributed by atoms with Crippen molar-refractivity contribution in [1.29, 1.82) is 0 Å². The minimum atomic E-state index is -0.282. The van der Waals surface area contributed by atoms with E-state index in [0.717, 1.165) is 26.7 Å². The van der Waals surface area contributed by atoms with Gasteiger partial charge in [-0.25, -0.2) is 4.39 Å². The first kappa shape index (κ1) is 16.3. The van der Waals surface area contributed by atoms with Crippen molar-refractivity contribution in [2.24, 2.45) is 0 Å². The maximum absolute atomic E-state index is 13.8. The highest BCUT2D eigenvalue weighted by Crippen LogP contribution is 2.26. The first-order chi connectivity index (χ1) is 10.1. The average Bonchev–Trinajstić information content (AvgIpc) is 2.45. The van der Waals surface area contributed by atoms with Crippen LogP contribution in [-0.2, 0) is 6.54 Å². The molecule has 5 heteroatoms. The third-order valence-corrected chi connectivity index (χ3v) is 3.87. The molecule has 0 saturated carbocycles. The van der Waals surface area contributed by atoms with Gasteiger partial charge in [-0.1, -0.05) is 38.8 Å². The Morgan fingerprint density at radius 2 is 1.81 bits per heavy atom. The van der Waals surface area contributed by atoms with E-state index in [4.69, 9.17) is 4.74 Å². The maximum Gasteiger partial charge on any atom is 0.147 e. The molecule has 2 rings (SSSR count). The van der Waals surface area contributed by atoms with Crippen LogP contribution in [-0.4, -0.2) is 6.61 Å². The number of hydrogen-bond acceptors (Lipinski definition) is 2. The molecule has 0 bridgehead atoms. The standard InChI is InChI=1S/C16H16Br2FNO/c1-2-7-21-16-6-4-12(17)8-11(16)10-20-15-5-3-13(18)9-14(15)19/h3-6,8-9,20H,2,7,10H2,1H3. The summed E-state index contributed by atoms with van der Waals surface area (Å²) in [6, 6.07) is 10.8. The summed E-state index contributed by atoms with van der Waals surface area (Å²) in [4.78, 5) is 0. The summed E-state index contributed by atoms with van der Waals surface area (Å²) < 4.78 is 21.2. The fourth-order valence-corrected chi connectivity index (χ4v) is 2.60. The minimum absolute atomic E-state index is 0.282. The average molecular weight is 417 g/mol. The highest BCUT2D eigenvalue weighted by Gasteiger charge is 2.07. The van der Waals surface area contributed by atoms with E-state index in [1.54, 1.807) is 12.1 Å².